The predicted octanol–water partition coefficient (Wildman–Crippen LogP) is 3.11. The van der Waals surface area contributed by atoms with E-state index in [1.807, 2.05) is 30.0 Å². The molecule has 1 unspecified atom stereocenters. The van der Waals surface area contributed by atoms with Gasteiger partial charge >= 0.3 is 0 Å². The number of hydrogen-bond donors (Lipinski definition) is 1. The number of anilines is 1. The van der Waals surface area contributed by atoms with Crippen LogP contribution in [0.25, 0.3) is 0 Å². The van der Waals surface area contributed by atoms with E-state index in [1.54, 1.807) is 6.07 Å². The van der Waals surface area contributed by atoms with Gasteiger partial charge in [0.05, 0.1) is 10.7 Å². The van der Waals surface area contributed by atoms with Crippen LogP contribution in [0.3, 0.4) is 0 Å². The standard InChI is InChI=1S/C14H19ClN2OS/c1-11-10-19-9-8-17(11)7-6-14(18)16-13-5-3-2-4-12(13)15/h2-5,11H,6-10H2,1H3,(H,16,18). The summed E-state index contributed by atoms with van der Waals surface area (Å²) in [6, 6.07) is 7.88. The molecule has 1 fully saturated rings. The fourth-order valence-electron chi connectivity index (χ4n) is 2.11. The predicted molar refractivity (Wildman–Crippen MR) is 83.1 cm³/mol. The molecule has 104 valence electrons. The highest BCUT2D eigenvalue weighted by Crippen LogP contribution is 2.21. The Morgan fingerprint density at radius 3 is 3.05 bits per heavy atom. The summed E-state index contributed by atoms with van der Waals surface area (Å²) in [5.41, 5.74) is 0.691. The molecule has 1 atom stereocenters. The maximum Gasteiger partial charge on any atom is 0.225 e. The van der Waals surface area contributed by atoms with Crippen molar-refractivity contribution >= 4 is 35.0 Å². The molecule has 0 saturated carbocycles. The van der Waals surface area contributed by atoms with E-state index in [1.165, 1.54) is 0 Å². The number of halogens is 1. The van der Waals surface area contributed by atoms with Gasteiger partial charge in [0.2, 0.25) is 5.91 Å². The summed E-state index contributed by atoms with van der Waals surface area (Å²) in [5.74, 6) is 2.35. The molecule has 1 heterocycles. The van der Waals surface area contributed by atoms with Crippen LogP contribution < -0.4 is 5.32 Å². The minimum Gasteiger partial charge on any atom is -0.325 e. The first kappa shape index (κ1) is 14.7. The Morgan fingerprint density at radius 2 is 2.32 bits per heavy atom. The molecule has 2 rings (SSSR count). The summed E-state index contributed by atoms with van der Waals surface area (Å²) in [6.07, 6.45) is 0.514. The van der Waals surface area contributed by atoms with Gasteiger partial charge in [0.25, 0.3) is 0 Å². The molecule has 0 aromatic heterocycles. The third kappa shape index (κ3) is 4.41. The van der Waals surface area contributed by atoms with Gasteiger partial charge in [-0.3, -0.25) is 9.69 Å². The topological polar surface area (TPSA) is 32.3 Å². The molecule has 5 heteroatoms. The highest BCUT2D eigenvalue weighted by atomic mass is 35.5. The summed E-state index contributed by atoms with van der Waals surface area (Å²) in [5, 5.41) is 3.44. The first-order chi connectivity index (χ1) is 9.16. The van der Waals surface area contributed by atoms with E-state index in [-0.39, 0.29) is 5.91 Å². The second-order valence-electron chi connectivity index (χ2n) is 4.74. The lowest BCUT2D eigenvalue weighted by Crippen LogP contribution is -2.41. The third-order valence-electron chi connectivity index (χ3n) is 3.28. The van der Waals surface area contributed by atoms with Crippen LogP contribution in [-0.4, -0.2) is 41.4 Å². The van der Waals surface area contributed by atoms with Crippen LogP contribution in [-0.2, 0) is 4.79 Å². The van der Waals surface area contributed by atoms with Crippen molar-refractivity contribution in [1.82, 2.24) is 4.90 Å². The Labute approximate surface area is 123 Å². The molecular formula is C14H19ClN2OS. The summed E-state index contributed by atoms with van der Waals surface area (Å²) >= 11 is 8.00. The highest BCUT2D eigenvalue weighted by Gasteiger charge is 2.19. The minimum atomic E-state index is 0.0264. The van der Waals surface area contributed by atoms with Crippen molar-refractivity contribution in [1.29, 1.82) is 0 Å². The summed E-state index contributed by atoms with van der Waals surface area (Å²) in [7, 11) is 0. The molecule has 0 bridgehead atoms. The summed E-state index contributed by atoms with van der Waals surface area (Å²) in [4.78, 5) is 14.3. The fraction of sp³-hybridized carbons (Fsp3) is 0.500. The molecule has 1 aliphatic heterocycles. The molecule has 19 heavy (non-hydrogen) atoms. The molecular weight excluding hydrogens is 280 g/mol. The third-order valence-corrected chi connectivity index (χ3v) is 4.80. The number of carbonyl (C=O) groups excluding carboxylic acids is 1. The molecule has 0 aliphatic carbocycles. The Kier molecular flexibility index (Phi) is 5.55. The zero-order valence-electron chi connectivity index (χ0n) is 11.1. The van der Waals surface area contributed by atoms with Crippen LogP contribution in [0.15, 0.2) is 24.3 Å². The lowest BCUT2D eigenvalue weighted by Gasteiger charge is -2.32. The van der Waals surface area contributed by atoms with Gasteiger partial charge in [0, 0.05) is 37.1 Å². The number of thioether (sulfide) groups is 1. The Bertz CT molecular complexity index is 441. The first-order valence-corrected chi connectivity index (χ1v) is 8.06. The number of para-hydroxylation sites is 1. The van der Waals surface area contributed by atoms with Gasteiger partial charge in [-0.05, 0) is 19.1 Å². The van der Waals surface area contributed by atoms with Gasteiger partial charge in [-0.15, -0.1) is 0 Å². The van der Waals surface area contributed by atoms with Crippen LogP contribution in [0.2, 0.25) is 5.02 Å². The van der Waals surface area contributed by atoms with Gasteiger partial charge in [-0.1, -0.05) is 23.7 Å². The van der Waals surface area contributed by atoms with Gasteiger partial charge < -0.3 is 5.32 Å². The van der Waals surface area contributed by atoms with Crippen LogP contribution in [0.1, 0.15) is 13.3 Å². The Hall–Kier alpha value is -0.710. The van der Waals surface area contributed by atoms with Crippen molar-refractivity contribution < 1.29 is 4.79 Å². The van der Waals surface area contributed by atoms with E-state index >= 15 is 0 Å². The molecule has 1 aromatic carbocycles. The monoisotopic (exact) mass is 298 g/mol. The number of carbonyl (C=O) groups is 1. The van der Waals surface area contributed by atoms with Crippen LogP contribution >= 0.6 is 23.4 Å². The van der Waals surface area contributed by atoms with Gasteiger partial charge in [-0.25, -0.2) is 0 Å². The summed E-state index contributed by atoms with van der Waals surface area (Å²) in [6.45, 7) is 4.11. The number of benzene rings is 1. The molecule has 0 spiro atoms. The zero-order chi connectivity index (χ0) is 13.7. The van der Waals surface area contributed by atoms with Crippen molar-refractivity contribution in [2.75, 3.05) is 29.9 Å². The average Bonchev–Trinajstić information content (AvgIpc) is 2.40. The SMILES string of the molecule is CC1CSCCN1CCC(=O)Nc1ccccc1Cl. The maximum atomic E-state index is 11.9. The summed E-state index contributed by atoms with van der Waals surface area (Å²) < 4.78 is 0. The Balaban J connectivity index is 1.80. The van der Waals surface area contributed by atoms with Gasteiger partial charge in [-0.2, -0.15) is 11.8 Å². The van der Waals surface area contributed by atoms with E-state index in [0.717, 1.165) is 24.6 Å². The van der Waals surface area contributed by atoms with Crippen molar-refractivity contribution in [2.24, 2.45) is 0 Å². The van der Waals surface area contributed by atoms with E-state index in [2.05, 4.69) is 17.1 Å². The first-order valence-electron chi connectivity index (χ1n) is 6.53. The van der Waals surface area contributed by atoms with Crippen LogP contribution in [0.5, 0.6) is 0 Å². The molecule has 0 radical (unpaired) electrons. The Morgan fingerprint density at radius 1 is 1.53 bits per heavy atom. The zero-order valence-corrected chi connectivity index (χ0v) is 12.6. The van der Waals surface area contributed by atoms with Crippen LogP contribution in [0, 0.1) is 0 Å². The van der Waals surface area contributed by atoms with Crippen molar-refractivity contribution in [3.05, 3.63) is 29.3 Å². The van der Waals surface area contributed by atoms with Crippen LogP contribution in [0.4, 0.5) is 5.69 Å². The minimum absolute atomic E-state index is 0.0264. The molecule has 1 aromatic rings. The number of rotatable bonds is 4. The molecule has 1 N–H and O–H groups in total. The van der Waals surface area contributed by atoms with Crippen molar-refractivity contribution in [2.45, 2.75) is 19.4 Å². The lowest BCUT2D eigenvalue weighted by atomic mass is 10.2. The van der Waals surface area contributed by atoms with E-state index in [4.69, 9.17) is 11.6 Å². The number of nitrogens with one attached hydrogen (secondary N) is 1. The largest absolute Gasteiger partial charge is 0.325 e. The van der Waals surface area contributed by atoms with E-state index in [0.29, 0.717) is 23.2 Å². The molecule has 3 nitrogen and oxygen atoms in total. The molecule has 1 saturated heterocycles. The smallest absolute Gasteiger partial charge is 0.225 e. The fourth-order valence-corrected chi connectivity index (χ4v) is 3.38. The highest BCUT2D eigenvalue weighted by molar-refractivity contribution is 7.99. The molecule has 1 amide bonds. The van der Waals surface area contributed by atoms with Crippen molar-refractivity contribution in [3.63, 3.8) is 0 Å². The maximum absolute atomic E-state index is 11.9. The van der Waals surface area contributed by atoms with Crippen molar-refractivity contribution in [3.8, 4) is 0 Å². The van der Waals surface area contributed by atoms with Gasteiger partial charge in [0.15, 0.2) is 0 Å². The van der Waals surface area contributed by atoms with E-state index < -0.39 is 0 Å². The number of hydrogen-bond acceptors (Lipinski definition) is 3. The number of amides is 1. The lowest BCUT2D eigenvalue weighted by molar-refractivity contribution is -0.116. The van der Waals surface area contributed by atoms with E-state index in [9.17, 15) is 4.79 Å². The quantitative estimate of drug-likeness (QED) is 0.927. The second kappa shape index (κ2) is 7.17. The normalized spacial score (nSPS) is 20.2. The molecule has 1 aliphatic rings. The average molecular weight is 299 g/mol. The number of nitrogens with zero attached hydrogens (tertiary/aromatic N) is 1. The second-order valence-corrected chi connectivity index (χ2v) is 6.29. The van der Waals surface area contributed by atoms with Gasteiger partial charge in [0.1, 0.15) is 0 Å².